The van der Waals surface area contributed by atoms with Gasteiger partial charge in [0.15, 0.2) is 8.38 Å². The van der Waals surface area contributed by atoms with Gasteiger partial charge in [-0.3, -0.25) is 4.79 Å². The SMILES string of the molecule is CCCC(=O)OCOC(=O)NCCCP(O)O. The van der Waals surface area contributed by atoms with Crippen molar-refractivity contribution in [3.63, 3.8) is 0 Å². The molecule has 7 nitrogen and oxygen atoms in total. The predicted molar refractivity (Wildman–Crippen MR) is 61.2 cm³/mol. The number of nitrogens with one attached hydrogen (secondary N) is 1. The second-order valence-corrected chi connectivity index (χ2v) is 4.38. The Morgan fingerprint density at radius 3 is 2.59 bits per heavy atom. The lowest BCUT2D eigenvalue weighted by atomic mass is 10.3. The van der Waals surface area contributed by atoms with E-state index in [1.54, 1.807) is 0 Å². The first-order valence-electron chi connectivity index (χ1n) is 5.27. The Morgan fingerprint density at radius 1 is 1.29 bits per heavy atom. The van der Waals surface area contributed by atoms with Gasteiger partial charge < -0.3 is 24.6 Å². The molecule has 0 aliphatic carbocycles. The molecule has 0 saturated heterocycles. The highest BCUT2D eigenvalue weighted by Crippen LogP contribution is 2.22. The number of alkyl carbamates (subject to hydrolysis) is 1. The van der Waals surface area contributed by atoms with Crippen molar-refractivity contribution in [1.29, 1.82) is 0 Å². The third-order valence-electron chi connectivity index (χ3n) is 1.67. The average molecular weight is 267 g/mol. The molecular formula is C9H18NO6P. The maximum Gasteiger partial charge on any atom is 0.410 e. The minimum absolute atomic E-state index is 0.237. The van der Waals surface area contributed by atoms with Crippen molar-refractivity contribution >= 4 is 20.4 Å². The van der Waals surface area contributed by atoms with Gasteiger partial charge in [0.1, 0.15) is 0 Å². The maximum absolute atomic E-state index is 11.0. The van der Waals surface area contributed by atoms with Crippen LogP contribution in [0.2, 0.25) is 0 Å². The molecule has 0 spiro atoms. The first-order chi connectivity index (χ1) is 8.06. The Bertz CT molecular complexity index is 236. The van der Waals surface area contributed by atoms with Crippen LogP contribution >= 0.6 is 8.38 Å². The van der Waals surface area contributed by atoms with E-state index in [0.717, 1.165) is 0 Å². The highest BCUT2D eigenvalue weighted by molar-refractivity contribution is 7.45. The number of hydrogen-bond donors (Lipinski definition) is 3. The highest BCUT2D eigenvalue weighted by Gasteiger charge is 2.05. The van der Waals surface area contributed by atoms with E-state index in [9.17, 15) is 9.59 Å². The Hall–Kier alpha value is -0.910. The fourth-order valence-corrected chi connectivity index (χ4v) is 1.33. The average Bonchev–Trinajstić information content (AvgIpc) is 2.24. The van der Waals surface area contributed by atoms with Crippen LogP contribution in [0.25, 0.3) is 0 Å². The molecule has 8 heteroatoms. The van der Waals surface area contributed by atoms with Crippen LogP contribution in [0.15, 0.2) is 0 Å². The summed E-state index contributed by atoms with van der Waals surface area (Å²) >= 11 is 0. The van der Waals surface area contributed by atoms with Crippen LogP contribution < -0.4 is 5.32 Å². The van der Waals surface area contributed by atoms with Gasteiger partial charge in [-0.25, -0.2) is 4.79 Å². The molecule has 0 heterocycles. The summed E-state index contributed by atoms with van der Waals surface area (Å²) in [6, 6.07) is 0. The van der Waals surface area contributed by atoms with Crippen molar-refractivity contribution in [3.05, 3.63) is 0 Å². The number of carbonyl (C=O) groups is 2. The fraction of sp³-hybridized carbons (Fsp3) is 0.778. The normalized spacial score (nSPS) is 10.1. The zero-order valence-electron chi connectivity index (χ0n) is 9.72. The number of hydrogen-bond acceptors (Lipinski definition) is 6. The fourth-order valence-electron chi connectivity index (χ4n) is 0.887. The summed E-state index contributed by atoms with van der Waals surface area (Å²) in [5.41, 5.74) is 0. The van der Waals surface area contributed by atoms with Crippen molar-refractivity contribution < 1.29 is 28.8 Å². The third-order valence-corrected chi connectivity index (χ3v) is 2.38. The maximum atomic E-state index is 11.0. The van der Waals surface area contributed by atoms with Gasteiger partial charge in [0.25, 0.3) is 0 Å². The Morgan fingerprint density at radius 2 is 2.00 bits per heavy atom. The van der Waals surface area contributed by atoms with Crippen molar-refractivity contribution in [1.82, 2.24) is 5.32 Å². The number of carbonyl (C=O) groups excluding carboxylic acids is 2. The van der Waals surface area contributed by atoms with Crippen LogP contribution in [-0.4, -0.2) is 41.3 Å². The van der Waals surface area contributed by atoms with Gasteiger partial charge in [-0.15, -0.1) is 0 Å². The van der Waals surface area contributed by atoms with E-state index >= 15 is 0 Å². The van der Waals surface area contributed by atoms with E-state index in [1.165, 1.54) is 0 Å². The summed E-state index contributed by atoms with van der Waals surface area (Å²) < 4.78 is 9.15. The third kappa shape index (κ3) is 11.4. The van der Waals surface area contributed by atoms with Gasteiger partial charge in [-0.05, 0) is 12.8 Å². The zero-order valence-corrected chi connectivity index (χ0v) is 10.6. The van der Waals surface area contributed by atoms with Crippen LogP contribution in [0.5, 0.6) is 0 Å². The zero-order chi connectivity index (χ0) is 13.1. The molecule has 0 rings (SSSR count). The number of ether oxygens (including phenoxy) is 2. The molecule has 3 N–H and O–H groups in total. The molecule has 0 aliphatic heterocycles. The van der Waals surface area contributed by atoms with Crippen LogP contribution in [0, 0.1) is 0 Å². The molecule has 100 valence electrons. The molecule has 0 aromatic heterocycles. The molecule has 0 aromatic rings. The molecule has 0 saturated carbocycles. The molecule has 0 aliphatic rings. The van der Waals surface area contributed by atoms with Gasteiger partial charge in [-0.1, -0.05) is 6.92 Å². The van der Waals surface area contributed by atoms with Gasteiger partial charge in [0.05, 0.1) is 0 Å². The largest absolute Gasteiger partial charge is 0.428 e. The monoisotopic (exact) mass is 267 g/mol. The molecule has 17 heavy (non-hydrogen) atoms. The van der Waals surface area contributed by atoms with Crippen molar-refractivity contribution in [2.45, 2.75) is 26.2 Å². The second-order valence-electron chi connectivity index (χ2n) is 3.19. The van der Waals surface area contributed by atoms with Crippen molar-refractivity contribution in [2.75, 3.05) is 19.5 Å². The minimum atomic E-state index is -1.92. The standard InChI is InChI=1S/C9H18NO6P/c1-2-4-8(11)15-7-16-9(12)10-5-3-6-17(13)14/h13-14H,2-7H2,1H3,(H,10,12). The Kier molecular flexibility index (Phi) is 9.71. The molecular weight excluding hydrogens is 249 g/mol. The lowest BCUT2D eigenvalue weighted by Gasteiger charge is -2.07. The summed E-state index contributed by atoms with van der Waals surface area (Å²) in [6.45, 7) is 1.71. The molecule has 0 aromatic carbocycles. The number of esters is 1. The molecule has 1 amide bonds. The van der Waals surface area contributed by atoms with Gasteiger partial charge in [-0.2, -0.15) is 0 Å². The van der Waals surface area contributed by atoms with E-state index in [1.807, 2.05) is 6.92 Å². The van der Waals surface area contributed by atoms with Crippen LogP contribution in [0.4, 0.5) is 4.79 Å². The summed E-state index contributed by atoms with van der Waals surface area (Å²) in [5.74, 6) is -0.411. The van der Waals surface area contributed by atoms with E-state index < -0.39 is 27.2 Å². The van der Waals surface area contributed by atoms with Crippen molar-refractivity contribution in [3.8, 4) is 0 Å². The molecule has 0 atom stereocenters. The molecule has 0 radical (unpaired) electrons. The second kappa shape index (κ2) is 10.3. The summed E-state index contributed by atoms with van der Waals surface area (Å²) in [6.07, 6.45) is 0.956. The predicted octanol–water partition coefficient (Wildman–Crippen LogP) is 0.700. The van der Waals surface area contributed by atoms with Gasteiger partial charge in [0.2, 0.25) is 6.79 Å². The highest BCUT2D eigenvalue weighted by atomic mass is 31.2. The van der Waals surface area contributed by atoms with Crippen LogP contribution in [0.3, 0.4) is 0 Å². The lowest BCUT2D eigenvalue weighted by molar-refractivity contribution is -0.151. The van der Waals surface area contributed by atoms with E-state index in [0.29, 0.717) is 19.3 Å². The minimum Gasteiger partial charge on any atom is -0.428 e. The first kappa shape index (κ1) is 16.1. The number of amides is 1. The van der Waals surface area contributed by atoms with Crippen molar-refractivity contribution in [2.24, 2.45) is 0 Å². The Labute approximate surface area is 101 Å². The van der Waals surface area contributed by atoms with Crippen LogP contribution in [0.1, 0.15) is 26.2 Å². The van der Waals surface area contributed by atoms with E-state index in [4.69, 9.17) is 9.79 Å². The molecule has 0 unspecified atom stereocenters. The molecule has 0 bridgehead atoms. The number of rotatable bonds is 8. The summed E-state index contributed by atoms with van der Waals surface area (Å²) in [5, 5.41) is 2.38. The van der Waals surface area contributed by atoms with Gasteiger partial charge >= 0.3 is 12.1 Å². The smallest absolute Gasteiger partial charge is 0.410 e. The summed E-state index contributed by atoms with van der Waals surface area (Å²) in [7, 11) is -1.92. The lowest BCUT2D eigenvalue weighted by Crippen LogP contribution is -2.27. The molecule has 0 fully saturated rings. The topological polar surface area (TPSA) is 105 Å². The first-order valence-corrected chi connectivity index (χ1v) is 6.71. The van der Waals surface area contributed by atoms with Gasteiger partial charge in [0, 0.05) is 19.1 Å². The van der Waals surface area contributed by atoms with Crippen LogP contribution in [-0.2, 0) is 14.3 Å². The van der Waals surface area contributed by atoms with E-state index in [-0.39, 0.29) is 12.7 Å². The van der Waals surface area contributed by atoms with E-state index in [2.05, 4.69) is 14.8 Å². The Balaban J connectivity index is 3.37. The quantitative estimate of drug-likeness (QED) is 0.259. The summed E-state index contributed by atoms with van der Waals surface area (Å²) in [4.78, 5) is 39.0.